The molecule has 2 N–H and O–H groups in total. The van der Waals surface area contributed by atoms with Gasteiger partial charge >= 0.3 is 6.18 Å². The van der Waals surface area contributed by atoms with E-state index in [1.807, 2.05) is 6.07 Å². The van der Waals surface area contributed by atoms with Gasteiger partial charge in [0.15, 0.2) is 14.9 Å². The fourth-order valence-electron chi connectivity index (χ4n) is 5.72. The molecule has 0 spiro atoms. The zero-order valence-electron chi connectivity index (χ0n) is 23.7. The lowest BCUT2D eigenvalue weighted by molar-refractivity contribution is -0.140. The third-order valence-electron chi connectivity index (χ3n) is 7.93. The van der Waals surface area contributed by atoms with Crippen LogP contribution in [0.4, 0.5) is 24.5 Å². The number of nitrogens with one attached hydrogen (secondary N) is 2. The molecule has 0 amide bonds. The number of halogens is 3. The SMILES string of the molecule is CS(=O)(=O)c1ccc(NCC#Cc2cc3c(NC4CCN(C5CCS(=O)(=O)CC5)CC4)cccc3n2CC(F)(F)F)cn1. The molecule has 5 rings (SSSR count). The molecule has 2 aromatic heterocycles. The number of nitrogens with zero attached hydrogens (tertiary/aromatic N) is 3. The van der Waals surface area contributed by atoms with E-state index in [-0.39, 0.29) is 40.9 Å². The molecule has 0 atom stereocenters. The van der Waals surface area contributed by atoms with E-state index in [9.17, 15) is 30.0 Å². The van der Waals surface area contributed by atoms with Crippen LogP contribution in [0.25, 0.3) is 10.9 Å². The maximum atomic E-state index is 13.6. The van der Waals surface area contributed by atoms with Crippen LogP contribution in [0, 0.1) is 11.8 Å². The van der Waals surface area contributed by atoms with Crippen molar-refractivity contribution in [2.24, 2.45) is 0 Å². The molecule has 2 saturated heterocycles. The molecule has 1 aromatic carbocycles. The smallest absolute Gasteiger partial charge is 0.382 e. The maximum Gasteiger partial charge on any atom is 0.406 e. The second-order valence-corrected chi connectivity index (χ2v) is 15.4. The average molecular weight is 638 g/mol. The number of aromatic nitrogens is 2. The van der Waals surface area contributed by atoms with Crippen molar-refractivity contribution in [2.45, 2.75) is 55.5 Å². The summed E-state index contributed by atoms with van der Waals surface area (Å²) < 4.78 is 88.6. The first-order chi connectivity index (χ1) is 20.3. The van der Waals surface area contributed by atoms with Crippen molar-refractivity contribution in [3.8, 4) is 11.8 Å². The molecule has 9 nitrogen and oxygen atoms in total. The zero-order chi connectivity index (χ0) is 30.8. The van der Waals surface area contributed by atoms with Crippen molar-refractivity contribution in [2.75, 3.05) is 48.0 Å². The highest BCUT2D eigenvalue weighted by Gasteiger charge is 2.32. The summed E-state index contributed by atoms with van der Waals surface area (Å²) in [4.78, 5) is 6.27. The second kappa shape index (κ2) is 12.4. The molecule has 0 saturated carbocycles. The van der Waals surface area contributed by atoms with Crippen molar-refractivity contribution in [3.05, 3.63) is 48.3 Å². The number of fused-ring (bicyclic) bond motifs is 1. The van der Waals surface area contributed by atoms with Gasteiger partial charge in [0.1, 0.15) is 16.4 Å². The van der Waals surface area contributed by atoms with Gasteiger partial charge in [0.25, 0.3) is 0 Å². The van der Waals surface area contributed by atoms with Crippen molar-refractivity contribution >= 4 is 42.0 Å². The summed E-state index contributed by atoms with van der Waals surface area (Å²) in [5, 5.41) is 7.12. The van der Waals surface area contributed by atoms with Gasteiger partial charge in [-0.15, -0.1) is 0 Å². The van der Waals surface area contributed by atoms with Gasteiger partial charge in [0, 0.05) is 42.5 Å². The van der Waals surface area contributed by atoms with Gasteiger partial charge in [-0.05, 0) is 61.9 Å². The van der Waals surface area contributed by atoms with E-state index >= 15 is 0 Å². The third kappa shape index (κ3) is 8.01. The molecular formula is C29H34F3N5O4S2. The largest absolute Gasteiger partial charge is 0.406 e. The lowest BCUT2D eigenvalue weighted by Gasteiger charge is -2.39. The molecule has 14 heteroatoms. The van der Waals surface area contributed by atoms with Crippen LogP contribution < -0.4 is 10.6 Å². The van der Waals surface area contributed by atoms with E-state index in [0.717, 1.165) is 37.9 Å². The first-order valence-electron chi connectivity index (χ1n) is 14.1. The number of anilines is 2. The molecule has 4 heterocycles. The molecule has 43 heavy (non-hydrogen) atoms. The van der Waals surface area contributed by atoms with E-state index < -0.39 is 32.4 Å². The average Bonchev–Trinajstić information content (AvgIpc) is 3.28. The Hall–Kier alpha value is -3.28. The fourth-order valence-corrected chi connectivity index (χ4v) is 7.75. The number of pyridine rings is 1. The minimum absolute atomic E-state index is 0.0578. The first-order valence-corrected chi connectivity index (χ1v) is 17.8. The first kappa shape index (κ1) is 31.2. The topological polar surface area (TPSA) is 113 Å². The molecular weight excluding hydrogens is 603 g/mol. The Morgan fingerprint density at radius 1 is 1.07 bits per heavy atom. The Balaban J connectivity index is 1.28. The van der Waals surface area contributed by atoms with Crippen LogP contribution in [-0.2, 0) is 26.2 Å². The molecule has 2 aliphatic rings. The number of likely N-dealkylation sites (tertiary alicyclic amines) is 1. The molecule has 0 aliphatic carbocycles. The Morgan fingerprint density at radius 2 is 1.79 bits per heavy atom. The highest BCUT2D eigenvalue weighted by atomic mass is 32.2. The van der Waals surface area contributed by atoms with Crippen LogP contribution in [-0.4, -0.2) is 86.9 Å². The lowest BCUT2D eigenvalue weighted by Crippen LogP contribution is -2.47. The summed E-state index contributed by atoms with van der Waals surface area (Å²) in [5.74, 6) is 6.21. The van der Waals surface area contributed by atoms with Crippen molar-refractivity contribution < 1.29 is 30.0 Å². The zero-order valence-corrected chi connectivity index (χ0v) is 25.3. The van der Waals surface area contributed by atoms with Crippen LogP contribution in [0.5, 0.6) is 0 Å². The van der Waals surface area contributed by atoms with E-state index in [4.69, 9.17) is 0 Å². The van der Waals surface area contributed by atoms with Crippen LogP contribution in [0.15, 0.2) is 47.6 Å². The summed E-state index contributed by atoms with van der Waals surface area (Å²) in [6.45, 7) is 0.612. The molecule has 0 bridgehead atoms. The Morgan fingerprint density at radius 3 is 2.42 bits per heavy atom. The number of alkyl halides is 3. The highest BCUT2D eigenvalue weighted by Crippen LogP contribution is 2.32. The quantitative estimate of drug-likeness (QED) is 0.375. The number of hydrogen-bond donors (Lipinski definition) is 2. The number of rotatable bonds is 7. The van der Waals surface area contributed by atoms with Gasteiger partial charge in [-0.2, -0.15) is 13.2 Å². The highest BCUT2D eigenvalue weighted by molar-refractivity contribution is 7.91. The van der Waals surface area contributed by atoms with Crippen LogP contribution in [0.1, 0.15) is 31.4 Å². The molecule has 232 valence electrons. The predicted octanol–water partition coefficient (Wildman–Crippen LogP) is 3.92. The second-order valence-electron chi connectivity index (χ2n) is 11.1. The Kier molecular flexibility index (Phi) is 8.97. The third-order valence-corrected chi connectivity index (χ3v) is 10.6. The summed E-state index contributed by atoms with van der Waals surface area (Å²) >= 11 is 0. The molecule has 2 aliphatic heterocycles. The van der Waals surface area contributed by atoms with Crippen molar-refractivity contribution in [1.82, 2.24) is 14.5 Å². The van der Waals surface area contributed by atoms with E-state index in [0.29, 0.717) is 29.4 Å². The molecule has 3 aromatic rings. The number of piperidine rings is 1. The van der Waals surface area contributed by atoms with Gasteiger partial charge in [-0.1, -0.05) is 12.0 Å². The maximum absolute atomic E-state index is 13.6. The summed E-state index contributed by atoms with van der Waals surface area (Å²) in [7, 11) is -6.34. The lowest BCUT2D eigenvalue weighted by atomic mass is 10.00. The fraction of sp³-hybridized carbons (Fsp3) is 0.483. The Bertz CT molecular complexity index is 1720. The van der Waals surface area contributed by atoms with Crippen LogP contribution in [0.2, 0.25) is 0 Å². The van der Waals surface area contributed by atoms with E-state index in [1.54, 1.807) is 24.3 Å². The number of hydrogen-bond acceptors (Lipinski definition) is 8. The molecule has 2 fully saturated rings. The van der Waals surface area contributed by atoms with Crippen molar-refractivity contribution in [1.29, 1.82) is 0 Å². The summed E-state index contributed by atoms with van der Waals surface area (Å²) in [6, 6.07) is 10.3. The van der Waals surface area contributed by atoms with Gasteiger partial charge in [-0.3, -0.25) is 0 Å². The van der Waals surface area contributed by atoms with Crippen LogP contribution in [0.3, 0.4) is 0 Å². The van der Waals surface area contributed by atoms with Crippen molar-refractivity contribution in [3.63, 3.8) is 0 Å². The van der Waals surface area contributed by atoms with Crippen LogP contribution >= 0.6 is 0 Å². The van der Waals surface area contributed by atoms with Gasteiger partial charge in [0.05, 0.1) is 41.1 Å². The molecule has 0 unspecified atom stereocenters. The monoisotopic (exact) mass is 637 g/mol. The number of benzene rings is 1. The van der Waals surface area contributed by atoms with Gasteiger partial charge < -0.3 is 20.1 Å². The van der Waals surface area contributed by atoms with E-state index in [1.165, 1.54) is 16.8 Å². The molecule has 0 radical (unpaired) electrons. The Labute approximate surface area is 249 Å². The predicted molar refractivity (Wildman–Crippen MR) is 161 cm³/mol. The minimum Gasteiger partial charge on any atom is -0.382 e. The minimum atomic E-state index is -4.44. The summed E-state index contributed by atoms with van der Waals surface area (Å²) in [5.41, 5.74) is 1.94. The van der Waals surface area contributed by atoms with E-state index in [2.05, 4.69) is 32.4 Å². The normalized spacial score (nSPS) is 18.7. The standard InChI is InChI=1S/C29H34F3N5O4S2/c1-42(38,39)28-8-7-22(19-34-28)33-13-3-4-24-18-25-26(5-2-6-27(25)37(24)20-29(30,31)32)35-21-9-14-36(15-10-21)23-11-16-43(40,41)17-12-23/h2,5-8,18-19,21,23,33,35H,9-17,20H2,1H3. The van der Waals surface area contributed by atoms with Gasteiger partial charge in [0.2, 0.25) is 0 Å². The summed E-state index contributed by atoms with van der Waals surface area (Å²) in [6.07, 6.45) is 1.01. The van der Waals surface area contributed by atoms with Gasteiger partial charge in [-0.25, -0.2) is 21.8 Å². The number of sulfone groups is 2.